The van der Waals surface area contributed by atoms with Gasteiger partial charge in [-0.25, -0.2) is 9.37 Å². The molecule has 3 heterocycles. The van der Waals surface area contributed by atoms with E-state index in [0.717, 1.165) is 45.2 Å². The number of rotatable bonds is 17. The van der Waals surface area contributed by atoms with Gasteiger partial charge >= 0.3 is 6.18 Å². The van der Waals surface area contributed by atoms with E-state index in [-0.39, 0.29) is 60.4 Å². The number of amides is 5. The minimum absolute atomic E-state index is 0.0384. The molecule has 0 bridgehead atoms. The number of hydrogen-bond donors (Lipinski definition) is 4. The van der Waals surface area contributed by atoms with Gasteiger partial charge in [-0.1, -0.05) is 64.3 Å². The molecule has 0 radical (unpaired) electrons. The molecule has 2 aliphatic rings. The highest BCUT2D eigenvalue weighted by molar-refractivity contribution is 7.81. The van der Waals surface area contributed by atoms with Crippen molar-refractivity contribution in [2.24, 2.45) is 5.41 Å². The van der Waals surface area contributed by atoms with E-state index in [1.54, 1.807) is 16.8 Å². The number of anilines is 2. The van der Waals surface area contributed by atoms with Crippen molar-refractivity contribution >= 4 is 69.6 Å². The van der Waals surface area contributed by atoms with Crippen LogP contribution in [0.15, 0.2) is 66.2 Å². The zero-order valence-corrected chi connectivity index (χ0v) is 41.3. The summed E-state index contributed by atoms with van der Waals surface area (Å²) in [4.78, 5) is 76.1. The van der Waals surface area contributed by atoms with Gasteiger partial charge in [0.15, 0.2) is 5.11 Å². The Morgan fingerprint density at radius 1 is 0.971 bits per heavy atom. The smallest absolute Gasteiger partial charge is 0.391 e. The summed E-state index contributed by atoms with van der Waals surface area (Å²) >= 11 is 7.08. The molecule has 2 aliphatic heterocycles. The van der Waals surface area contributed by atoms with Gasteiger partial charge < -0.3 is 30.9 Å². The Hall–Kier alpha value is -6.30. The minimum atomic E-state index is -4.88. The van der Waals surface area contributed by atoms with E-state index in [9.17, 15) is 47.5 Å². The van der Waals surface area contributed by atoms with Crippen LogP contribution in [0.3, 0.4) is 0 Å². The SMILES string of the molecule is Cc1ncsc1-c1ccc(CNC(=O)C2CC(O)CN2C(=O)C(NC(=O)CCCCCCCNC(=O)c2ccc(N3C(=S)N(c4ccc(C#N)c(C(F)(F)F)c4)C(=O)C3(C)C)cc2F)C(C)(C)C)cc1. The summed E-state index contributed by atoms with van der Waals surface area (Å²) in [5.41, 5.74) is 0.208. The average molecular weight is 1010 g/mol. The number of thiazole rings is 1. The molecule has 2 fully saturated rings. The fourth-order valence-corrected chi connectivity index (χ4v) is 9.87. The van der Waals surface area contributed by atoms with Crippen molar-refractivity contribution in [2.45, 2.75) is 123 Å². The van der Waals surface area contributed by atoms with Crippen LogP contribution in [0.5, 0.6) is 0 Å². The number of likely N-dealkylation sites (tertiary alicyclic amines) is 1. The van der Waals surface area contributed by atoms with Gasteiger partial charge in [-0.3, -0.25) is 28.9 Å². The summed E-state index contributed by atoms with van der Waals surface area (Å²) in [6.45, 7) is 10.8. The molecule has 372 valence electrons. The Morgan fingerprint density at radius 3 is 2.27 bits per heavy atom. The van der Waals surface area contributed by atoms with Gasteiger partial charge in [0.2, 0.25) is 17.7 Å². The first-order valence-electron chi connectivity index (χ1n) is 22.9. The first kappa shape index (κ1) is 53.1. The van der Waals surface area contributed by atoms with E-state index >= 15 is 4.39 Å². The molecule has 4 aromatic rings. The molecule has 3 unspecified atom stereocenters. The van der Waals surface area contributed by atoms with Crippen molar-refractivity contribution in [1.29, 1.82) is 5.26 Å². The lowest BCUT2D eigenvalue weighted by Crippen LogP contribution is -2.57. The number of nitrogens with zero attached hydrogens (tertiary/aromatic N) is 5. The maximum atomic E-state index is 15.5. The molecule has 4 N–H and O–H groups in total. The summed E-state index contributed by atoms with van der Waals surface area (Å²) in [6, 6.07) is 13.9. The normalized spacial score (nSPS) is 17.4. The zero-order chi connectivity index (χ0) is 51.3. The number of alkyl halides is 3. The van der Waals surface area contributed by atoms with Crippen molar-refractivity contribution in [1.82, 2.24) is 25.8 Å². The van der Waals surface area contributed by atoms with Crippen LogP contribution in [0.25, 0.3) is 10.4 Å². The third kappa shape index (κ3) is 12.0. The highest BCUT2D eigenvalue weighted by atomic mass is 32.1. The molecule has 1 aromatic heterocycles. The lowest BCUT2D eigenvalue weighted by molar-refractivity contribution is -0.144. The second kappa shape index (κ2) is 21.8. The molecule has 70 heavy (non-hydrogen) atoms. The first-order valence-corrected chi connectivity index (χ1v) is 24.2. The summed E-state index contributed by atoms with van der Waals surface area (Å²) in [6.07, 6.45) is -2.35. The van der Waals surface area contributed by atoms with Gasteiger partial charge in [-0.2, -0.15) is 18.4 Å². The number of benzene rings is 3. The van der Waals surface area contributed by atoms with Crippen molar-refractivity contribution in [3.63, 3.8) is 0 Å². The summed E-state index contributed by atoms with van der Waals surface area (Å²) in [5, 5.41) is 28.0. The van der Waals surface area contributed by atoms with E-state index < -0.39 is 75.9 Å². The standard InChI is InChI=1S/C50H56F4N8O6S2/c1-29-41(70-28-58-29)31-15-13-30(14-16-31)26-57-44(66)39-24-35(63)27-60(39)45(67)42(48(2,3)4)59-40(64)12-10-8-7-9-11-21-56-43(65)36-20-19-34(23-38(36)51)62-47(69)61(46(68)49(62,5)6)33-18-17-32(25-55)37(22-33)50(52,53)54/h13-20,22-23,28,35,39,42,63H,7-12,21,24,26-27H2,1-6H3,(H,56,65)(H,57,66)(H,59,64). The molecule has 3 aromatic carbocycles. The van der Waals surface area contributed by atoms with Gasteiger partial charge in [0.05, 0.1) is 50.6 Å². The number of nitrogens with one attached hydrogen (secondary N) is 3. The van der Waals surface area contributed by atoms with Crippen LogP contribution in [-0.2, 0) is 31.9 Å². The van der Waals surface area contributed by atoms with Crippen molar-refractivity contribution in [3.8, 4) is 16.5 Å². The number of unbranched alkanes of at least 4 members (excludes halogenated alkanes) is 4. The second-order valence-corrected chi connectivity index (χ2v) is 20.3. The number of β-amino-alcohol motifs (C(OH)–C–C–N with tert-alkyl or cyclic N) is 1. The van der Waals surface area contributed by atoms with Crippen LogP contribution in [0.4, 0.5) is 28.9 Å². The van der Waals surface area contributed by atoms with E-state index in [1.807, 2.05) is 52.0 Å². The Bertz CT molecular complexity index is 2680. The zero-order valence-electron chi connectivity index (χ0n) is 39.7. The summed E-state index contributed by atoms with van der Waals surface area (Å²) in [5.74, 6) is -3.44. The van der Waals surface area contributed by atoms with E-state index in [4.69, 9.17) is 12.2 Å². The number of nitriles is 1. The molecule has 20 heteroatoms. The quantitative estimate of drug-likeness (QED) is 0.0460. The van der Waals surface area contributed by atoms with Crippen molar-refractivity contribution < 1.29 is 46.6 Å². The number of aliphatic hydroxyl groups excluding tert-OH is 1. The molecular formula is C50H56F4N8O6S2. The fraction of sp³-hybridized carbons (Fsp3) is 0.440. The maximum Gasteiger partial charge on any atom is 0.417 e. The first-order chi connectivity index (χ1) is 32.9. The molecule has 6 rings (SSSR count). The van der Waals surface area contributed by atoms with Gasteiger partial charge in [-0.15, -0.1) is 11.3 Å². The van der Waals surface area contributed by atoms with Crippen LogP contribution in [-0.4, -0.2) is 86.5 Å². The van der Waals surface area contributed by atoms with E-state index in [1.165, 1.54) is 47.9 Å². The predicted octanol–water partition coefficient (Wildman–Crippen LogP) is 7.94. The Balaban J connectivity index is 0.932. The average Bonchev–Trinajstić information content (AvgIpc) is 3.96. The van der Waals surface area contributed by atoms with Gasteiger partial charge in [-0.05, 0) is 98.8 Å². The van der Waals surface area contributed by atoms with Gasteiger partial charge in [0.1, 0.15) is 23.4 Å². The third-order valence-electron chi connectivity index (χ3n) is 12.4. The van der Waals surface area contributed by atoms with Crippen molar-refractivity contribution in [2.75, 3.05) is 22.9 Å². The van der Waals surface area contributed by atoms with Gasteiger partial charge in [0.25, 0.3) is 11.8 Å². The molecule has 14 nitrogen and oxygen atoms in total. The Labute approximate surface area is 413 Å². The predicted molar refractivity (Wildman–Crippen MR) is 261 cm³/mol. The van der Waals surface area contributed by atoms with Crippen molar-refractivity contribution in [3.05, 3.63) is 99.9 Å². The minimum Gasteiger partial charge on any atom is -0.391 e. The number of aryl methyl sites for hydroxylation is 1. The fourth-order valence-electron chi connectivity index (χ4n) is 8.54. The molecule has 0 spiro atoms. The number of aromatic nitrogens is 1. The number of carbonyl (C=O) groups excluding carboxylic acids is 5. The number of hydrogen-bond acceptors (Lipinski definition) is 10. The maximum absolute atomic E-state index is 15.5. The summed E-state index contributed by atoms with van der Waals surface area (Å²) in [7, 11) is 0. The monoisotopic (exact) mass is 1000 g/mol. The number of thiocarbonyl (C=S) groups is 1. The molecule has 0 saturated carbocycles. The van der Waals surface area contributed by atoms with Crippen LogP contribution in [0.1, 0.15) is 112 Å². The molecule has 3 atom stereocenters. The molecule has 2 saturated heterocycles. The topological polar surface area (TPSA) is 188 Å². The van der Waals surface area contributed by atoms with E-state index in [0.29, 0.717) is 31.7 Å². The van der Waals surface area contributed by atoms with Crippen LogP contribution in [0.2, 0.25) is 0 Å². The lowest BCUT2D eigenvalue weighted by atomic mass is 9.85. The number of aliphatic hydroxyl groups is 1. The second-order valence-electron chi connectivity index (χ2n) is 19.0. The molecule has 5 amide bonds. The van der Waals surface area contributed by atoms with Crippen LogP contribution in [0, 0.1) is 29.5 Å². The summed E-state index contributed by atoms with van der Waals surface area (Å²) < 4.78 is 56.7. The Morgan fingerprint density at radius 2 is 1.64 bits per heavy atom. The highest BCUT2D eigenvalue weighted by Gasteiger charge is 2.51. The van der Waals surface area contributed by atoms with Gasteiger partial charge in [0, 0.05) is 38.2 Å². The molecule has 0 aliphatic carbocycles. The highest BCUT2D eigenvalue weighted by Crippen LogP contribution is 2.40. The number of halogens is 4. The largest absolute Gasteiger partial charge is 0.417 e. The Kier molecular flexibility index (Phi) is 16.5. The van der Waals surface area contributed by atoms with Crippen LogP contribution >= 0.6 is 23.6 Å². The lowest BCUT2D eigenvalue weighted by Gasteiger charge is -2.35. The van der Waals surface area contributed by atoms with E-state index in [2.05, 4.69) is 20.9 Å². The third-order valence-corrected chi connectivity index (χ3v) is 13.7. The number of carbonyl (C=O) groups is 5. The van der Waals surface area contributed by atoms with Crippen LogP contribution < -0.4 is 25.8 Å². The molecular weight excluding hydrogens is 949 g/mol.